The van der Waals surface area contributed by atoms with Gasteiger partial charge in [0.15, 0.2) is 18.7 Å². The molecule has 0 aliphatic carbocycles. The molecule has 0 N–H and O–H groups in total. The minimum absolute atomic E-state index is 0. The standard InChI is InChI=1S/C7H8NO.ClH/c1-8-4-2-7(6-9)3-5-8;/h2-6H,1H3;1H/q+1;/p-1. The fourth-order valence-electron chi connectivity index (χ4n) is 0.591. The Bertz CT molecular complexity index is 207. The first kappa shape index (κ1) is 9.11. The van der Waals surface area contributed by atoms with E-state index in [0.29, 0.717) is 5.56 Å². The van der Waals surface area contributed by atoms with Crippen molar-refractivity contribution in [1.82, 2.24) is 0 Å². The van der Waals surface area contributed by atoms with Gasteiger partial charge in [0.05, 0.1) is 0 Å². The number of rotatable bonds is 1. The molecule has 0 radical (unpaired) electrons. The van der Waals surface area contributed by atoms with Crippen molar-refractivity contribution in [2.24, 2.45) is 7.05 Å². The number of halogens is 1. The molecule has 1 heterocycles. The van der Waals surface area contributed by atoms with Crippen LogP contribution in [0.25, 0.3) is 0 Å². The van der Waals surface area contributed by atoms with Gasteiger partial charge in [-0.15, -0.1) is 0 Å². The summed E-state index contributed by atoms with van der Waals surface area (Å²) in [5.41, 5.74) is 0.716. The lowest BCUT2D eigenvalue weighted by Gasteiger charge is -1.84. The molecule has 0 bridgehead atoms. The van der Waals surface area contributed by atoms with E-state index in [-0.39, 0.29) is 12.4 Å². The molecule has 0 atom stereocenters. The summed E-state index contributed by atoms with van der Waals surface area (Å²) >= 11 is 0. The predicted molar refractivity (Wildman–Crippen MR) is 33.0 cm³/mol. The van der Waals surface area contributed by atoms with Gasteiger partial charge in [0.2, 0.25) is 0 Å². The minimum atomic E-state index is 0. The first-order valence-electron chi connectivity index (χ1n) is 2.73. The second kappa shape index (κ2) is 4.01. The molecule has 10 heavy (non-hydrogen) atoms. The second-order valence-corrected chi connectivity index (χ2v) is 1.91. The van der Waals surface area contributed by atoms with Gasteiger partial charge in [-0.05, 0) is 0 Å². The van der Waals surface area contributed by atoms with Crippen molar-refractivity contribution in [3.05, 3.63) is 30.1 Å². The monoisotopic (exact) mass is 157 g/mol. The molecule has 3 heteroatoms. The maximum Gasteiger partial charge on any atom is 0.169 e. The Morgan fingerprint density at radius 3 is 2.30 bits per heavy atom. The number of aromatic nitrogens is 1. The quantitative estimate of drug-likeness (QED) is 0.322. The van der Waals surface area contributed by atoms with E-state index in [9.17, 15) is 4.79 Å². The molecule has 0 fully saturated rings. The Morgan fingerprint density at radius 2 is 1.90 bits per heavy atom. The molecule has 0 unspecified atom stereocenters. The van der Waals surface area contributed by atoms with Crippen LogP contribution in [-0.2, 0) is 7.05 Å². The summed E-state index contributed by atoms with van der Waals surface area (Å²) in [6.07, 6.45) is 4.51. The average Bonchev–Trinajstić information content (AvgIpc) is 1.90. The molecule has 54 valence electrons. The van der Waals surface area contributed by atoms with Gasteiger partial charge in [-0.25, -0.2) is 4.57 Å². The lowest BCUT2D eigenvalue weighted by molar-refractivity contribution is -0.671. The molecule has 0 spiro atoms. The maximum atomic E-state index is 10.1. The van der Waals surface area contributed by atoms with E-state index in [1.807, 2.05) is 24.0 Å². The van der Waals surface area contributed by atoms with Crippen molar-refractivity contribution in [3.63, 3.8) is 0 Å². The SMILES string of the molecule is C[n+]1ccc(C=O)cc1.[Cl-]. The maximum absolute atomic E-state index is 10.1. The summed E-state index contributed by atoms with van der Waals surface area (Å²) in [6.45, 7) is 0. The molecule has 1 rings (SSSR count). The molecule has 0 amide bonds. The van der Waals surface area contributed by atoms with Gasteiger partial charge in [-0.3, -0.25) is 4.79 Å². The zero-order valence-corrected chi connectivity index (χ0v) is 6.38. The van der Waals surface area contributed by atoms with E-state index in [4.69, 9.17) is 0 Å². The van der Waals surface area contributed by atoms with Gasteiger partial charge in [0.25, 0.3) is 0 Å². The van der Waals surface area contributed by atoms with Gasteiger partial charge in [0, 0.05) is 17.7 Å². The molecule has 0 aliphatic heterocycles. The summed E-state index contributed by atoms with van der Waals surface area (Å²) in [5.74, 6) is 0. The highest BCUT2D eigenvalue weighted by molar-refractivity contribution is 5.73. The summed E-state index contributed by atoms with van der Waals surface area (Å²) in [5, 5.41) is 0. The Labute approximate surface area is 65.9 Å². The highest BCUT2D eigenvalue weighted by Gasteiger charge is 1.90. The zero-order chi connectivity index (χ0) is 6.69. The number of hydrogen-bond donors (Lipinski definition) is 0. The van der Waals surface area contributed by atoms with Crippen LogP contribution in [0, 0.1) is 0 Å². The van der Waals surface area contributed by atoms with Crippen LogP contribution in [0.15, 0.2) is 24.5 Å². The lowest BCUT2D eigenvalue weighted by Crippen LogP contribution is -3.00. The molecular weight excluding hydrogens is 150 g/mol. The summed E-state index contributed by atoms with van der Waals surface area (Å²) < 4.78 is 1.88. The molecule has 0 saturated carbocycles. The highest BCUT2D eigenvalue weighted by Crippen LogP contribution is 1.86. The third kappa shape index (κ3) is 2.15. The normalized spacial score (nSPS) is 8.10. The molecule has 1 aromatic rings. The molecule has 0 aromatic carbocycles. The van der Waals surface area contributed by atoms with Crippen LogP contribution in [0.5, 0.6) is 0 Å². The van der Waals surface area contributed by atoms with E-state index >= 15 is 0 Å². The number of hydrogen-bond acceptors (Lipinski definition) is 1. The Kier molecular flexibility index (Phi) is 3.65. The van der Waals surface area contributed by atoms with Crippen LogP contribution in [0.3, 0.4) is 0 Å². The number of pyridine rings is 1. The largest absolute Gasteiger partial charge is 1.00 e. The average molecular weight is 158 g/mol. The van der Waals surface area contributed by atoms with E-state index in [1.165, 1.54) is 0 Å². The number of aldehydes is 1. The third-order valence-electron chi connectivity index (χ3n) is 1.14. The van der Waals surface area contributed by atoms with Gasteiger partial charge in [-0.2, -0.15) is 0 Å². The summed E-state index contributed by atoms with van der Waals surface area (Å²) in [7, 11) is 1.91. The number of carbonyl (C=O) groups is 1. The van der Waals surface area contributed by atoms with Crippen molar-refractivity contribution < 1.29 is 21.8 Å². The third-order valence-corrected chi connectivity index (χ3v) is 1.14. The van der Waals surface area contributed by atoms with Crippen LogP contribution in [0.2, 0.25) is 0 Å². The smallest absolute Gasteiger partial charge is 0.169 e. The molecule has 0 aliphatic rings. The van der Waals surface area contributed by atoms with Gasteiger partial charge >= 0.3 is 0 Å². The summed E-state index contributed by atoms with van der Waals surface area (Å²) in [6, 6.07) is 3.54. The van der Waals surface area contributed by atoms with Crippen molar-refractivity contribution in [3.8, 4) is 0 Å². The van der Waals surface area contributed by atoms with Crippen LogP contribution in [0.4, 0.5) is 0 Å². The molecule has 0 saturated heterocycles. The summed E-state index contributed by atoms with van der Waals surface area (Å²) in [4.78, 5) is 10.1. The van der Waals surface area contributed by atoms with E-state index in [2.05, 4.69) is 0 Å². The van der Waals surface area contributed by atoms with Gasteiger partial charge in [-0.1, -0.05) is 0 Å². The first-order valence-corrected chi connectivity index (χ1v) is 2.73. The fraction of sp³-hybridized carbons (Fsp3) is 0.143. The van der Waals surface area contributed by atoms with E-state index < -0.39 is 0 Å². The van der Waals surface area contributed by atoms with Crippen molar-refractivity contribution >= 4 is 6.29 Å². The predicted octanol–water partition coefficient (Wildman–Crippen LogP) is -2.67. The fourth-order valence-corrected chi connectivity index (χ4v) is 0.591. The van der Waals surface area contributed by atoms with Crippen LogP contribution < -0.4 is 17.0 Å². The molecular formula is C7H8ClNO. The first-order chi connectivity index (χ1) is 4.33. The number of aryl methyl sites for hydroxylation is 1. The minimum Gasteiger partial charge on any atom is -1.00 e. The van der Waals surface area contributed by atoms with Crippen LogP contribution in [-0.4, -0.2) is 6.29 Å². The van der Waals surface area contributed by atoms with E-state index in [1.54, 1.807) is 12.1 Å². The van der Waals surface area contributed by atoms with Gasteiger partial charge in [0.1, 0.15) is 7.05 Å². The topological polar surface area (TPSA) is 20.9 Å². The highest BCUT2D eigenvalue weighted by atomic mass is 35.5. The van der Waals surface area contributed by atoms with E-state index in [0.717, 1.165) is 6.29 Å². The molecule has 2 nitrogen and oxygen atoms in total. The van der Waals surface area contributed by atoms with Crippen molar-refractivity contribution in [1.29, 1.82) is 0 Å². The number of carbonyl (C=O) groups excluding carboxylic acids is 1. The molecule has 1 aromatic heterocycles. The Hall–Kier alpha value is -0.890. The lowest BCUT2D eigenvalue weighted by atomic mass is 10.3. The Morgan fingerprint density at radius 1 is 1.40 bits per heavy atom. The Balaban J connectivity index is 0.000000810. The van der Waals surface area contributed by atoms with Crippen LogP contribution in [0.1, 0.15) is 10.4 Å². The van der Waals surface area contributed by atoms with Crippen LogP contribution >= 0.6 is 0 Å². The van der Waals surface area contributed by atoms with Crippen molar-refractivity contribution in [2.45, 2.75) is 0 Å². The number of nitrogens with zero attached hydrogens (tertiary/aromatic N) is 1. The zero-order valence-electron chi connectivity index (χ0n) is 5.62. The van der Waals surface area contributed by atoms with Gasteiger partial charge < -0.3 is 12.4 Å². The second-order valence-electron chi connectivity index (χ2n) is 1.91. The van der Waals surface area contributed by atoms with Crippen molar-refractivity contribution in [2.75, 3.05) is 0 Å².